The molecule has 9 aromatic rings. The van der Waals surface area contributed by atoms with E-state index in [1.807, 2.05) is 73.7 Å². The van der Waals surface area contributed by atoms with E-state index in [2.05, 4.69) is 120 Å². The number of aliphatic imine (C=N–C) groups is 2. The van der Waals surface area contributed by atoms with E-state index < -0.39 is 0 Å². The van der Waals surface area contributed by atoms with E-state index in [0.29, 0.717) is 17.1 Å². The van der Waals surface area contributed by atoms with Gasteiger partial charge in [0.05, 0.1) is 11.1 Å². The summed E-state index contributed by atoms with van der Waals surface area (Å²) in [5.41, 5.74) is 12.9. The van der Waals surface area contributed by atoms with Gasteiger partial charge < -0.3 is 4.42 Å². The molecule has 0 aliphatic rings. The third-order valence-electron chi connectivity index (χ3n) is 9.79. The number of furan rings is 1. The van der Waals surface area contributed by atoms with E-state index in [1.54, 1.807) is 6.33 Å². The number of hydrogen-bond donors (Lipinski definition) is 0. The molecule has 0 aliphatic carbocycles. The molecule has 0 aliphatic heterocycles. The van der Waals surface area contributed by atoms with Crippen LogP contribution in [0.25, 0.3) is 72.0 Å². The van der Waals surface area contributed by atoms with Gasteiger partial charge >= 0.3 is 0 Å². The van der Waals surface area contributed by atoms with Crippen molar-refractivity contribution in [2.24, 2.45) is 9.98 Å². The minimum atomic E-state index is 0.606. The molecule has 7 aromatic carbocycles. The minimum Gasteiger partial charge on any atom is -0.452 e. The van der Waals surface area contributed by atoms with Crippen LogP contribution in [0, 0.1) is 0 Å². The van der Waals surface area contributed by atoms with Crippen molar-refractivity contribution in [3.63, 3.8) is 0 Å². The fourth-order valence-corrected chi connectivity index (χ4v) is 6.94. The zero-order chi connectivity index (χ0) is 36.4. The fraction of sp³-hybridized carbons (Fsp3) is 0.0204. The molecule has 9 rings (SSSR count). The van der Waals surface area contributed by atoms with Crippen LogP contribution in [0.1, 0.15) is 23.6 Å². The summed E-state index contributed by atoms with van der Waals surface area (Å²) >= 11 is 0. The lowest BCUT2D eigenvalue weighted by atomic mass is 10.00. The van der Waals surface area contributed by atoms with E-state index in [4.69, 9.17) is 14.4 Å². The molecule has 256 valence electrons. The second-order valence-corrected chi connectivity index (χ2v) is 13.2. The molecule has 0 saturated heterocycles. The minimum absolute atomic E-state index is 0.606. The van der Waals surface area contributed by atoms with E-state index >= 15 is 0 Å². The maximum atomic E-state index is 6.38. The summed E-state index contributed by atoms with van der Waals surface area (Å²) in [6.45, 7) is 6.41. The second kappa shape index (κ2) is 14.1. The Morgan fingerprint density at radius 2 is 1.17 bits per heavy atom. The lowest BCUT2D eigenvalue weighted by Gasteiger charge is -2.10. The number of fused-ring (bicyclic) bond motifs is 5. The molecule has 0 spiro atoms. The summed E-state index contributed by atoms with van der Waals surface area (Å²) in [6.07, 6.45) is 1.62. The fourth-order valence-electron chi connectivity index (χ4n) is 6.94. The Kier molecular flexibility index (Phi) is 8.50. The average molecular weight is 695 g/mol. The monoisotopic (exact) mass is 694 g/mol. The molecule has 0 saturated carbocycles. The van der Waals surface area contributed by atoms with Gasteiger partial charge in [-0.1, -0.05) is 164 Å². The molecule has 54 heavy (non-hydrogen) atoms. The van der Waals surface area contributed by atoms with Crippen molar-refractivity contribution >= 4 is 50.1 Å². The van der Waals surface area contributed by atoms with Crippen molar-refractivity contribution in [2.45, 2.75) is 6.92 Å². The number of benzene rings is 7. The van der Waals surface area contributed by atoms with Gasteiger partial charge in [-0.05, 0) is 57.6 Å². The highest BCUT2D eigenvalue weighted by Crippen LogP contribution is 2.37. The van der Waals surface area contributed by atoms with Gasteiger partial charge in [0.15, 0.2) is 11.4 Å². The summed E-state index contributed by atoms with van der Waals surface area (Å²) in [4.78, 5) is 19.4. The third kappa shape index (κ3) is 6.29. The molecule has 0 unspecified atom stereocenters. The van der Waals surface area contributed by atoms with Gasteiger partial charge in [0.25, 0.3) is 0 Å². The molecule has 0 amide bonds. The lowest BCUT2D eigenvalue weighted by Crippen LogP contribution is -2.04. The Hall–Kier alpha value is -7.24. The maximum Gasteiger partial charge on any atom is 0.180 e. The Balaban J connectivity index is 1.01. The maximum absolute atomic E-state index is 6.38. The number of hydrogen-bond acceptors (Lipinski definition) is 4. The predicted octanol–water partition coefficient (Wildman–Crippen LogP) is 12.5. The Morgan fingerprint density at radius 3 is 1.96 bits per heavy atom. The molecule has 0 fully saturated rings. The zero-order valence-electron chi connectivity index (χ0n) is 29.6. The molecule has 0 N–H and O–H groups in total. The highest BCUT2D eigenvalue weighted by atomic mass is 16.3. The van der Waals surface area contributed by atoms with Crippen LogP contribution in [0.3, 0.4) is 0 Å². The van der Waals surface area contributed by atoms with Crippen LogP contribution >= 0.6 is 0 Å². The lowest BCUT2D eigenvalue weighted by molar-refractivity contribution is 0.667. The van der Waals surface area contributed by atoms with E-state index in [0.717, 1.165) is 72.0 Å². The van der Waals surface area contributed by atoms with Crippen molar-refractivity contribution < 1.29 is 4.42 Å². The smallest absolute Gasteiger partial charge is 0.180 e. The van der Waals surface area contributed by atoms with Gasteiger partial charge in [0, 0.05) is 22.4 Å². The molecule has 2 aromatic heterocycles. The van der Waals surface area contributed by atoms with E-state index in [1.165, 1.54) is 11.1 Å². The van der Waals surface area contributed by atoms with Gasteiger partial charge in [0.1, 0.15) is 23.1 Å². The third-order valence-corrected chi connectivity index (χ3v) is 9.79. The Bertz CT molecular complexity index is 2870. The van der Waals surface area contributed by atoms with Gasteiger partial charge in [-0.3, -0.25) is 0 Å². The summed E-state index contributed by atoms with van der Waals surface area (Å²) < 4.78 is 6.38. The van der Waals surface area contributed by atoms with Gasteiger partial charge in [-0.2, -0.15) is 0 Å². The molecular formula is C49H34N4O. The first-order valence-corrected chi connectivity index (χ1v) is 17.9. The SMILES string of the molecule is C=C(N=C(N=C(C)c1ccc(-c2ccccc2)cc1)c1ccccc1)c1cccc(-c2ccc(-c3ncnc4c3oc3ccc5ccccc5c34)cc2)c1. The van der Waals surface area contributed by atoms with Crippen molar-refractivity contribution in [3.05, 3.63) is 199 Å². The zero-order valence-corrected chi connectivity index (χ0v) is 29.6. The van der Waals surface area contributed by atoms with Crippen LogP contribution in [0.15, 0.2) is 197 Å². The summed E-state index contributed by atoms with van der Waals surface area (Å²) in [7, 11) is 0. The first kappa shape index (κ1) is 32.7. The Labute approximate surface area is 313 Å². The topological polar surface area (TPSA) is 63.6 Å². The van der Waals surface area contributed by atoms with Crippen LogP contribution in [0.4, 0.5) is 0 Å². The van der Waals surface area contributed by atoms with Crippen LogP contribution in [0.5, 0.6) is 0 Å². The Morgan fingerprint density at radius 1 is 0.537 bits per heavy atom. The average Bonchev–Trinajstić information content (AvgIpc) is 3.64. The first-order chi connectivity index (χ1) is 26.6. The number of amidine groups is 1. The number of nitrogens with zero attached hydrogens (tertiary/aromatic N) is 4. The van der Waals surface area contributed by atoms with Crippen molar-refractivity contribution in [3.8, 4) is 33.5 Å². The number of rotatable bonds is 7. The summed E-state index contributed by atoms with van der Waals surface area (Å²) in [5.74, 6) is 0.606. The molecule has 5 heteroatoms. The molecule has 5 nitrogen and oxygen atoms in total. The molecular weight excluding hydrogens is 661 g/mol. The van der Waals surface area contributed by atoms with Crippen molar-refractivity contribution in [1.82, 2.24) is 9.97 Å². The first-order valence-electron chi connectivity index (χ1n) is 17.9. The second-order valence-electron chi connectivity index (χ2n) is 13.2. The molecule has 2 heterocycles. The quantitative estimate of drug-likeness (QED) is 0.123. The van der Waals surface area contributed by atoms with Crippen molar-refractivity contribution in [1.29, 1.82) is 0 Å². The van der Waals surface area contributed by atoms with Crippen LogP contribution < -0.4 is 0 Å². The van der Waals surface area contributed by atoms with E-state index in [9.17, 15) is 0 Å². The number of aromatic nitrogens is 2. The highest BCUT2D eigenvalue weighted by molar-refractivity contribution is 6.19. The van der Waals surface area contributed by atoms with Crippen LogP contribution in [0.2, 0.25) is 0 Å². The molecule has 0 atom stereocenters. The van der Waals surface area contributed by atoms with Gasteiger partial charge in [-0.15, -0.1) is 0 Å². The highest BCUT2D eigenvalue weighted by Gasteiger charge is 2.17. The predicted molar refractivity (Wildman–Crippen MR) is 224 cm³/mol. The standard InChI is InChI=1S/C49H34N4O/c1-32(34-20-22-36(23-21-34)35-12-5-3-6-13-35)52-49(40-15-7-4-8-16-40)53-33(2)41-17-11-18-42(30-41)37-24-26-39(27-25-37)46-48-47(51-31-50-46)45-43-19-10-9-14-38(43)28-29-44(45)54-48/h3-31H,2H2,1H3. The van der Waals surface area contributed by atoms with Gasteiger partial charge in [0.2, 0.25) is 0 Å². The van der Waals surface area contributed by atoms with Gasteiger partial charge in [-0.25, -0.2) is 20.0 Å². The summed E-state index contributed by atoms with van der Waals surface area (Å²) in [6, 6.07) is 58.0. The van der Waals surface area contributed by atoms with Crippen LogP contribution in [-0.2, 0) is 0 Å². The van der Waals surface area contributed by atoms with E-state index in [-0.39, 0.29) is 0 Å². The molecule has 0 radical (unpaired) electrons. The normalized spacial score (nSPS) is 12.1. The largest absolute Gasteiger partial charge is 0.452 e. The summed E-state index contributed by atoms with van der Waals surface area (Å²) in [5, 5.41) is 3.28. The molecule has 0 bridgehead atoms. The van der Waals surface area contributed by atoms with Crippen molar-refractivity contribution in [2.75, 3.05) is 0 Å². The van der Waals surface area contributed by atoms with Crippen LogP contribution in [-0.4, -0.2) is 21.5 Å².